The Balaban J connectivity index is 2.95. The molecule has 0 spiro atoms. The van der Waals surface area contributed by atoms with Crippen LogP contribution in [-0.2, 0) is 20.9 Å². The van der Waals surface area contributed by atoms with Crippen molar-refractivity contribution in [2.75, 3.05) is 0 Å². The maximum absolute atomic E-state index is 12.1. The normalized spacial score (nSPS) is 12.7. The van der Waals surface area contributed by atoms with Crippen LogP contribution in [0.4, 0.5) is 0 Å². The zero-order valence-electron chi connectivity index (χ0n) is 13.1. The van der Waals surface area contributed by atoms with E-state index in [0.717, 1.165) is 15.6 Å². The van der Waals surface area contributed by atoms with Crippen molar-refractivity contribution in [2.24, 2.45) is 5.41 Å². The molecule has 0 heterocycles. The number of esters is 1. The molecule has 1 rings (SSSR count). The van der Waals surface area contributed by atoms with Gasteiger partial charge in [-0.1, -0.05) is 42.8 Å². The molecule has 116 valence electrons. The van der Waals surface area contributed by atoms with Gasteiger partial charge in [0.1, 0.15) is 6.61 Å². The molecular formula is C16H22BrNO3. The van der Waals surface area contributed by atoms with Crippen molar-refractivity contribution in [3.63, 3.8) is 0 Å². The summed E-state index contributed by atoms with van der Waals surface area (Å²) < 4.78 is 5.98. The van der Waals surface area contributed by atoms with E-state index in [9.17, 15) is 9.59 Å². The molecule has 1 atom stereocenters. The summed E-state index contributed by atoms with van der Waals surface area (Å²) >= 11 is 3.41. The third-order valence-electron chi connectivity index (χ3n) is 3.03. The average Bonchev–Trinajstić information content (AvgIpc) is 2.34. The zero-order valence-corrected chi connectivity index (χ0v) is 14.7. The van der Waals surface area contributed by atoms with Gasteiger partial charge in [0.2, 0.25) is 5.91 Å². The Morgan fingerprint density at radius 2 is 1.95 bits per heavy atom. The lowest BCUT2D eigenvalue weighted by Crippen LogP contribution is -2.36. The smallest absolute Gasteiger partial charge is 0.302 e. The van der Waals surface area contributed by atoms with Crippen LogP contribution in [0.5, 0.6) is 0 Å². The predicted octanol–water partition coefficient (Wildman–Crippen LogP) is 3.74. The van der Waals surface area contributed by atoms with Gasteiger partial charge in [-0.2, -0.15) is 0 Å². The van der Waals surface area contributed by atoms with Crippen LogP contribution in [0.2, 0.25) is 0 Å². The van der Waals surface area contributed by atoms with E-state index in [-0.39, 0.29) is 24.5 Å². The Morgan fingerprint density at radius 1 is 1.33 bits per heavy atom. The lowest BCUT2D eigenvalue weighted by molar-refractivity contribution is -0.142. The van der Waals surface area contributed by atoms with Crippen LogP contribution in [-0.4, -0.2) is 11.9 Å². The van der Waals surface area contributed by atoms with Gasteiger partial charge >= 0.3 is 5.97 Å². The van der Waals surface area contributed by atoms with Crippen molar-refractivity contribution in [1.29, 1.82) is 0 Å². The summed E-state index contributed by atoms with van der Waals surface area (Å²) in [5.41, 5.74) is 1.37. The van der Waals surface area contributed by atoms with Crippen LogP contribution in [0.1, 0.15) is 51.8 Å². The molecule has 21 heavy (non-hydrogen) atoms. The first-order valence-corrected chi connectivity index (χ1v) is 7.63. The molecule has 0 aliphatic carbocycles. The summed E-state index contributed by atoms with van der Waals surface area (Å²) in [4.78, 5) is 23.1. The molecule has 0 saturated heterocycles. The first kappa shape index (κ1) is 17.7. The van der Waals surface area contributed by atoms with Crippen LogP contribution in [0.3, 0.4) is 0 Å². The monoisotopic (exact) mass is 355 g/mol. The number of hydrogen-bond acceptors (Lipinski definition) is 3. The van der Waals surface area contributed by atoms with E-state index in [1.54, 1.807) is 0 Å². The fraction of sp³-hybridized carbons (Fsp3) is 0.500. The Labute approximate surface area is 134 Å². The highest BCUT2D eigenvalue weighted by Gasteiger charge is 2.24. The Bertz CT molecular complexity index is 535. The first-order chi connectivity index (χ1) is 9.61. The standard InChI is InChI=1S/C16H22BrNO3/c1-10(18-15(20)16(3,4)5)14-7-6-13(17)8-12(14)9-21-11(2)19/h6-8,10H,9H2,1-5H3,(H,18,20)/t10-/m1/s1. The van der Waals surface area contributed by atoms with Gasteiger partial charge in [0.15, 0.2) is 0 Å². The Hall–Kier alpha value is -1.36. The molecule has 0 bridgehead atoms. The zero-order chi connectivity index (χ0) is 16.2. The predicted molar refractivity (Wildman–Crippen MR) is 85.6 cm³/mol. The molecule has 0 aliphatic heterocycles. The van der Waals surface area contributed by atoms with Crippen LogP contribution in [0.25, 0.3) is 0 Å². The van der Waals surface area contributed by atoms with Gasteiger partial charge in [0, 0.05) is 16.8 Å². The van der Waals surface area contributed by atoms with Gasteiger partial charge in [0.05, 0.1) is 6.04 Å². The molecule has 1 aromatic carbocycles. The van der Waals surface area contributed by atoms with Crippen LogP contribution in [0, 0.1) is 5.41 Å². The number of halogens is 1. The Morgan fingerprint density at radius 3 is 2.48 bits per heavy atom. The molecule has 4 nitrogen and oxygen atoms in total. The number of amides is 1. The second kappa shape index (κ2) is 7.07. The van der Waals surface area contributed by atoms with Gasteiger partial charge < -0.3 is 10.1 Å². The molecular weight excluding hydrogens is 334 g/mol. The summed E-state index contributed by atoms with van der Waals surface area (Å²) in [5, 5.41) is 2.99. The second-order valence-corrected chi connectivity index (χ2v) is 6.98. The van der Waals surface area contributed by atoms with Gasteiger partial charge in [0.25, 0.3) is 0 Å². The lowest BCUT2D eigenvalue weighted by atomic mass is 9.94. The van der Waals surface area contributed by atoms with Crippen molar-refractivity contribution in [3.8, 4) is 0 Å². The van der Waals surface area contributed by atoms with Crippen LogP contribution < -0.4 is 5.32 Å². The first-order valence-electron chi connectivity index (χ1n) is 6.84. The average molecular weight is 356 g/mol. The number of ether oxygens (including phenoxy) is 1. The molecule has 1 aromatic rings. The number of carbonyl (C=O) groups is 2. The number of hydrogen-bond donors (Lipinski definition) is 1. The summed E-state index contributed by atoms with van der Waals surface area (Å²) in [6, 6.07) is 5.58. The molecule has 0 fully saturated rings. The number of carbonyl (C=O) groups excluding carboxylic acids is 2. The molecule has 5 heteroatoms. The van der Waals surface area contributed by atoms with Gasteiger partial charge in [-0.05, 0) is 30.2 Å². The molecule has 0 radical (unpaired) electrons. The summed E-state index contributed by atoms with van der Waals surface area (Å²) in [7, 11) is 0. The summed E-state index contributed by atoms with van der Waals surface area (Å²) in [5.74, 6) is -0.344. The molecule has 0 aliphatic rings. The number of rotatable bonds is 4. The van der Waals surface area contributed by atoms with Gasteiger partial charge in [-0.3, -0.25) is 9.59 Å². The van der Waals surface area contributed by atoms with Crippen molar-refractivity contribution >= 4 is 27.8 Å². The van der Waals surface area contributed by atoms with E-state index in [1.165, 1.54) is 6.92 Å². The van der Waals surface area contributed by atoms with Crippen molar-refractivity contribution in [2.45, 2.75) is 47.3 Å². The molecule has 1 N–H and O–H groups in total. The molecule has 0 aromatic heterocycles. The minimum atomic E-state index is -0.445. The fourth-order valence-corrected chi connectivity index (χ4v) is 2.20. The third kappa shape index (κ3) is 5.50. The lowest BCUT2D eigenvalue weighted by Gasteiger charge is -2.23. The molecule has 0 saturated carbocycles. The van der Waals surface area contributed by atoms with E-state index in [2.05, 4.69) is 21.2 Å². The highest BCUT2D eigenvalue weighted by atomic mass is 79.9. The SMILES string of the molecule is CC(=O)OCc1cc(Br)ccc1[C@@H](C)NC(=O)C(C)(C)C. The summed E-state index contributed by atoms with van der Waals surface area (Å²) in [6.45, 7) is 9.11. The van der Waals surface area contributed by atoms with Gasteiger partial charge in [-0.25, -0.2) is 0 Å². The topological polar surface area (TPSA) is 55.4 Å². The van der Waals surface area contributed by atoms with E-state index in [4.69, 9.17) is 4.74 Å². The molecule has 1 amide bonds. The van der Waals surface area contributed by atoms with Gasteiger partial charge in [-0.15, -0.1) is 0 Å². The largest absolute Gasteiger partial charge is 0.461 e. The third-order valence-corrected chi connectivity index (χ3v) is 3.52. The van der Waals surface area contributed by atoms with Crippen molar-refractivity contribution in [1.82, 2.24) is 5.32 Å². The van der Waals surface area contributed by atoms with Crippen LogP contribution in [0.15, 0.2) is 22.7 Å². The van der Waals surface area contributed by atoms with Crippen molar-refractivity contribution < 1.29 is 14.3 Å². The number of benzene rings is 1. The Kier molecular flexibility index (Phi) is 5.96. The van der Waals surface area contributed by atoms with Crippen molar-refractivity contribution in [3.05, 3.63) is 33.8 Å². The molecule has 0 unspecified atom stereocenters. The summed E-state index contributed by atoms with van der Waals surface area (Å²) in [6.07, 6.45) is 0. The van der Waals surface area contributed by atoms with E-state index in [0.29, 0.717) is 0 Å². The fourth-order valence-electron chi connectivity index (χ4n) is 1.79. The maximum Gasteiger partial charge on any atom is 0.302 e. The highest BCUT2D eigenvalue weighted by molar-refractivity contribution is 9.10. The second-order valence-electron chi connectivity index (χ2n) is 6.07. The minimum absolute atomic E-state index is 0.0173. The van der Waals surface area contributed by atoms with Crippen LogP contribution >= 0.6 is 15.9 Å². The maximum atomic E-state index is 12.1. The quantitative estimate of drug-likeness (QED) is 0.837. The minimum Gasteiger partial charge on any atom is -0.461 e. The van der Waals surface area contributed by atoms with E-state index < -0.39 is 5.41 Å². The van der Waals surface area contributed by atoms with E-state index in [1.807, 2.05) is 45.9 Å². The number of nitrogens with one attached hydrogen (secondary N) is 1. The highest BCUT2D eigenvalue weighted by Crippen LogP contribution is 2.24. The van der Waals surface area contributed by atoms with E-state index >= 15 is 0 Å².